The van der Waals surface area contributed by atoms with Gasteiger partial charge in [0, 0.05) is 17.4 Å². The van der Waals surface area contributed by atoms with Gasteiger partial charge in [0.15, 0.2) is 0 Å². The Bertz CT molecular complexity index is 780. The number of aryl methyl sites for hydroxylation is 1. The van der Waals surface area contributed by atoms with Crippen molar-refractivity contribution < 1.29 is 12.8 Å². The van der Waals surface area contributed by atoms with Crippen LogP contribution in [0.3, 0.4) is 0 Å². The lowest BCUT2D eigenvalue weighted by atomic mass is 10.2. The first-order chi connectivity index (χ1) is 10.4. The molecule has 2 aromatic rings. The molecule has 0 aliphatic carbocycles. The summed E-state index contributed by atoms with van der Waals surface area (Å²) >= 11 is 3.36. The van der Waals surface area contributed by atoms with Crippen LogP contribution in [0.5, 0.6) is 0 Å². The van der Waals surface area contributed by atoms with Crippen LogP contribution in [0.4, 0.5) is 0 Å². The Kier molecular flexibility index (Phi) is 5.40. The second kappa shape index (κ2) is 7.09. The maximum absolute atomic E-state index is 12.8. The summed E-state index contributed by atoms with van der Waals surface area (Å²) in [6, 6.07) is 10.3. The Morgan fingerprint density at radius 2 is 2.14 bits per heavy atom. The van der Waals surface area contributed by atoms with E-state index in [-0.39, 0.29) is 24.4 Å². The number of sulfonamides is 1. The van der Waals surface area contributed by atoms with Gasteiger partial charge in [0.1, 0.15) is 5.76 Å². The van der Waals surface area contributed by atoms with Crippen molar-refractivity contribution in [2.24, 2.45) is 0 Å². The molecular weight excluding hydrogens is 368 g/mol. The minimum atomic E-state index is -3.69. The summed E-state index contributed by atoms with van der Waals surface area (Å²) < 4.78 is 32.9. The van der Waals surface area contributed by atoms with Crippen molar-refractivity contribution in [1.29, 1.82) is 5.26 Å². The molecule has 1 heterocycles. The lowest BCUT2D eigenvalue weighted by Gasteiger charge is -2.20. The largest absolute Gasteiger partial charge is 0.468 e. The van der Waals surface area contributed by atoms with Crippen LogP contribution in [-0.2, 0) is 16.6 Å². The van der Waals surface area contributed by atoms with Gasteiger partial charge in [-0.1, -0.05) is 15.9 Å². The molecule has 0 atom stereocenters. The number of hydrogen-bond donors (Lipinski definition) is 0. The van der Waals surface area contributed by atoms with E-state index in [9.17, 15) is 8.42 Å². The Morgan fingerprint density at radius 3 is 2.73 bits per heavy atom. The van der Waals surface area contributed by atoms with E-state index in [2.05, 4.69) is 15.9 Å². The van der Waals surface area contributed by atoms with Gasteiger partial charge < -0.3 is 4.42 Å². The highest BCUT2D eigenvalue weighted by Gasteiger charge is 2.25. The highest BCUT2D eigenvalue weighted by atomic mass is 79.9. The number of furan rings is 1. The van der Waals surface area contributed by atoms with E-state index >= 15 is 0 Å². The maximum atomic E-state index is 12.8. The number of hydrogen-bond acceptors (Lipinski definition) is 4. The lowest BCUT2D eigenvalue weighted by molar-refractivity contribution is 0.368. The summed E-state index contributed by atoms with van der Waals surface area (Å²) in [5.41, 5.74) is 0.833. The molecule has 0 amide bonds. The molecule has 0 radical (unpaired) electrons. The average molecular weight is 383 g/mol. The maximum Gasteiger partial charge on any atom is 0.243 e. The van der Waals surface area contributed by atoms with Crippen molar-refractivity contribution >= 4 is 26.0 Å². The minimum absolute atomic E-state index is 0.103. The van der Waals surface area contributed by atoms with Crippen molar-refractivity contribution in [3.63, 3.8) is 0 Å². The molecule has 7 heteroatoms. The topological polar surface area (TPSA) is 74.3 Å². The van der Waals surface area contributed by atoms with E-state index < -0.39 is 10.0 Å². The molecule has 1 aromatic carbocycles. The molecule has 0 N–H and O–H groups in total. The van der Waals surface area contributed by atoms with E-state index in [0.717, 1.165) is 10.0 Å². The molecule has 116 valence electrons. The Balaban J connectivity index is 2.35. The van der Waals surface area contributed by atoms with Crippen LogP contribution in [0, 0.1) is 18.3 Å². The van der Waals surface area contributed by atoms with Gasteiger partial charge >= 0.3 is 0 Å². The number of rotatable bonds is 6. The zero-order valence-electron chi connectivity index (χ0n) is 12.0. The van der Waals surface area contributed by atoms with E-state index in [1.807, 2.05) is 13.0 Å². The predicted octanol–water partition coefficient (Wildman–Crippen LogP) is 3.46. The zero-order chi connectivity index (χ0) is 16.2. The van der Waals surface area contributed by atoms with E-state index in [4.69, 9.17) is 9.68 Å². The first-order valence-corrected chi connectivity index (χ1v) is 8.84. The van der Waals surface area contributed by atoms with Crippen LogP contribution in [0.2, 0.25) is 0 Å². The molecule has 2 rings (SSSR count). The van der Waals surface area contributed by atoms with Crippen LogP contribution in [0.25, 0.3) is 0 Å². The molecule has 0 aliphatic heterocycles. The first-order valence-electron chi connectivity index (χ1n) is 6.61. The van der Waals surface area contributed by atoms with Crippen LogP contribution in [-0.4, -0.2) is 19.3 Å². The molecule has 0 saturated carbocycles. The quantitative estimate of drug-likeness (QED) is 0.766. The molecule has 0 aliphatic rings. The zero-order valence-corrected chi connectivity index (χ0v) is 14.4. The summed E-state index contributed by atoms with van der Waals surface area (Å²) in [5.74, 6) is 0.537. The highest BCUT2D eigenvalue weighted by Crippen LogP contribution is 2.24. The average Bonchev–Trinajstić information content (AvgIpc) is 2.99. The first kappa shape index (κ1) is 16.7. The number of benzene rings is 1. The predicted molar refractivity (Wildman–Crippen MR) is 85.4 cm³/mol. The van der Waals surface area contributed by atoms with Crippen molar-refractivity contribution in [3.8, 4) is 6.07 Å². The van der Waals surface area contributed by atoms with E-state index in [1.54, 1.807) is 30.3 Å². The van der Waals surface area contributed by atoms with Gasteiger partial charge in [0.2, 0.25) is 10.0 Å². The lowest BCUT2D eigenvalue weighted by Crippen LogP contribution is -2.31. The van der Waals surface area contributed by atoms with Crippen molar-refractivity contribution in [2.45, 2.75) is 24.8 Å². The smallest absolute Gasteiger partial charge is 0.243 e. The van der Waals surface area contributed by atoms with Gasteiger partial charge in [-0.15, -0.1) is 0 Å². The SMILES string of the molecule is Cc1cc(S(=O)(=O)N(CCC#N)Cc2ccco2)ccc1Br. The van der Waals surface area contributed by atoms with Gasteiger partial charge in [-0.25, -0.2) is 8.42 Å². The van der Waals surface area contributed by atoms with Crippen LogP contribution in [0.1, 0.15) is 17.7 Å². The Labute approximate surface area is 138 Å². The van der Waals surface area contributed by atoms with Crippen LogP contribution in [0.15, 0.2) is 50.4 Å². The van der Waals surface area contributed by atoms with Crippen molar-refractivity contribution in [2.75, 3.05) is 6.54 Å². The van der Waals surface area contributed by atoms with Crippen LogP contribution < -0.4 is 0 Å². The molecule has 0 saturated heterocycles. The third kappa shape index (κ3) is 3.77. The van der Waals surface area contributed by atoms with Crippen LogP contribution >= 0.6 is 15.9 Å². The van der Waals surface area contributed by atoms with Gasteiger partial charge in [-0.05, 0) is 42.8 Å². The summed E-state index contributed by atoms with van der Waals surface area (Å²) in [6.45, 7) is 2.05. The van der Waals surface area contributed by atoms with Crippen molar-refractivity contribution in [1.82, 2.24) is 4.31 Å². The fourth-order valence-electron chi connectivity index (χ4n) is 1.96. The highest BCUT2D eigenvalue weighted by molar-refractivity contribution is 9.10. The summed E-state index contributed by atoms with van der Waals surface area (Å²) in [7, 11) is -3.69. The van der Waals surface area contributed by atoms with E-state index in [0.29, 0.717) is 5.76 Å². The van der Waals surface area contributed by atoms with E-state index in [1.165, 1.54) is 10.6 Å². The molecule has 0 unspecified atom stereocenters. The standard InChI is InChI=1S/C15H15BrN2O3S/c1-12-10-14(5-6-15(12)16)22(19,20)18(8-3-7-17)11-13-4-2-9-21-13/h2,4-6,9-10H,3,8,11H2,1H3. The van der Waals surface area contributed by atoms with Gasteiger partial charge in [0.05, 0.1) is 23.8 Å². The summed E-state index contributed by atoms with van der Waals surface area (Å²) in [4.78, 5) is 0.206. The number of nitrogens with zero attached hydrogens (tertiary/aromatic N) is 2. The summed E-state index contributed by atoms with van der Waals surface area (Å²) in [5, 5.41) is 8.76. The molecule has 0 spiro atoms. The monoisotopic (exact) mass is 382 g/mol. The third-order valence-electron chi connectivity index (χ3n) is 3.15. The number of halogens is 1. The minimum Gasteiger partial charge on any atom is -0.468 e. The fraction of sp³-hybridized carbons (Fsp3) is 0.267. The second-order valence-electron chi connectivity index (χ2n) is 4.74. The normalized spacial score (nSPS) is 11.5. The molecule has 0 bridgehead atoms. The van der Waals surface area contributed by atoms with Crippen molar-refractivity contribution in [3.05, 3.63) is 52.4 Å². The fourth-order valence-corrected chi connectivity index (χ4v) is 3.70. The molecule has 5 nitrogen and oxygen atoms in total. The second-order valence-corrected chi connectivity index (χ2v) is 7.53. The third-order valence-corrected chi connectivity index (χ3v) is 5.88. The van der Waals surface area contributed by atoms with Gasteiger partial charge in [0.25, 0.3) is 0 Å². The van der Waals surface area contributed by atoms with Gasteiger partial charge in [-0.3, -0.25) is 0 Å². The number of nitriles is 1. The Hall–Kier alpha value is -1.62. The van der Waals surface area contributed by atoms with Gasteiger partial charge in [-0.2, -0.15) is 9.57 Å². The molecule has 1 aromatic heterocycles. The Morgan fingerprint density at radius 1 is 1.36 bits per heavy atom. The molecule has 22 heavy (non-hydrogen) atoms. The molecular formula is C15H15BrN2O3S. The summed E-state index contributed by atoms with van der Waals surface area (Å²) in [6.07, 6.45) is 1.61. The molecule has 0 fully saturated rings.